The molecular weight excluding hydrogens is 406 g/mol. The Bertz CT molecular complexity index is 1070. The van der Waals surface area contributed by atoms with Gasteiger partial charge in [0.25, 0.3) is 0 Å². The van der Waals surface area contributed by atoms with Crippen molar-refractivity contribution in [2.75, 3.05) is 34.8 Å². The molecule has 2 aromatic heterocycles. The summed E-state index contributed by atoms with van der Waals surface area (Å²) in [5, 5.41) is 12.4. The Morgan fingerprint density at radius 2 is 1.69 bits per heavy atom. The molecule has 4 rings (SSSR count). The van der Waals surface area contributed by atoms with Crippen LogP contribution in [0.15, 0.2) is 42.7 Å². The van der Waals surface area contributed by atoms with Gasteiger partial charge >= 0.3 is 6.15 Å². The SMILES string of the molecule is Cc1cnc(N2CCN(c3nnc(Nc4ccccc4)c(C)c3C)C[C@H]2C)cn1.O=C=O. The average molecular weight is 434 g/mol. The number of para-hydroxylation sites is 1. The average Bonchev–Trinajstić information content (AvgIpc) is 2.79. The molecule has 1 N–H and O–H groups in total. The predicted molar refractivity (Wildman–Crippen MR) is 122 cm³/mol. The molecule has 3 aromatic rings. The lowest BCUT2D eigenvalue weighted by Gasteiger charge is -2.41. The summed E-state index contributed by atoms with van der Waals surface area (Å²) in [7, 11) is 0. The van der Waals surface area contributed by atoms with Gasteiger partial charge in [-0.05, 0) is 39.8 Å². The fourth-order valence-corrected chi connectivity index (χ4v) is 3.69. The molecule has 0 spiro atoms. The summed E-state index contributed by atoms with van der Waals surface area (Å²) < 4.78 is 0. The first-order chi connectivity index (χ1) is 15.4. The third-order valence-corrected chi connectivity index (χ3v) is 5.52. The number of piperazine rings is 1. The van der Waals surface area contributed by atoms with Gasteiger partial charge in [-0.2, -0.15) is 9.59 Å². The first-order valence-corrected chi connectivity index (χ1v) is 10.4. The number of nitrogens with zero attached hydrogens (tertiary/aromatic N) is 6. The van der Waals surface area contributed by atoms with Gasteiger partial charge in [0.2, 0.25) is 0 Å². The van der Waals surface area contributed by atoms with Gasteiger partial charge in [0, 0.05) is 42.5 Å². The zero-order valence-corrected chi connectivity index (χ0v) is 18.7. The van der Waals surface area contributed by atoms with Gasteiger partial charge < -0.3 is 15.1 Å². The van der Waals surface area contributed by atoms with Crippen LogP contribution in [0.2, 0.25) is 0 Å². The van der Waals surface area contributed by atoms with Crippen LogP contribution in [0.4, 0.5) is 23.1 Å². The molecule has 1 saturated heterocycles. The van der Waals surface area contributed by atoms with E-state index in [9.17, 15) is 0 Å². The first kappa shape index (κ1) is 22.8. The number of aryl methyl sites for hydroxylation is 1. The Labute approximate surface area is 187 Å². The molecule has 9 nitrogen and oxygen atoms in total. The van der Waals surface area contributed by atoms with Crippen molar-refractivity contribution >= 4 is 29.3 Å². The molecule has 0 bridgehead atoms. The number of aromatic nitrogens is 4. The quantitative estimate of drug-likeness (QED) is 0.664. The topological polar surface area (TPSA) is 104 Å². The Balaban J connectivity index is 0.000000913. The van der Waals surface area contributed by atoms with Crippen LogP contribution < -0.4 is 15.1 Å². The molecule has 166 valence electrons. The van der Waals surface area contributed by atoms with Crippen LogP contribution in [0.25, 0.3) is 0 Å². The maximum atomic E-state index is 8.12. The van der Waals surface area contributed by atoms with Gasteiger partial charge in [0.15, 0.2) is 11.6 Å². The molecular formula is C23H27N7O2. The molecule has 9 heteroatoms. The van der Waals surface area contributed by atoms with Crippen LogP contribution in [0, 0.1) is 20.8 Å². The number of rotatable bonds is 4. The van der Waals surface area contributed by atoms with Gasteiger partial charge in [-0.15, -0.1) is 10.2 Å². The third-order valence-electron chi connectivity index (χ3n) is 5.52. The van der Waals surface area contributed by atoms with Gasteiger partial charge in [-0.1, -0.05) is 18.2 Å². The van der Waals surface area contributed by atoms with E-state index >= 15 is 0 Å². The van der Waals surface area contributed by atoms with Gasteiger partial charge in [0.1, 0.15) is 5.82 Å². The summed E-state index contributed by atoms with van der Waals surface area (Å²) in [4.78, 5) is 29.8. The number of anilines is 4. The van der Waals surface area contributed by atoms with E-state index in [-0.39, 0.29) is 6.15 Å². The number of carbonyl (C=O) groups excluding carboxylic acids is 2. The second-order valence-electron chi connectivity index (χ2n) is 7.70. The van der Waals surface area contributed by atoms with Crippen molar-refractivity contribution in [1.29, 1.82) is 0 Å². The van der Waals surface area contributed by atoms with Gasteiger partial charge in [-0.3, -0.25) is 4.98 Å². The van der Waals surface area contributed by atoms with Gasteiger partial charge in [-0.25, -0.2) is 4.98 Å². The van der Waals surface area contributed by atoms with E-state index < -0.39 is 0 Å². The molecule has 1 fully saturated rings. The summed E-state index contributed by atoms with van der Waals surface area (Å²) in [6, 6.07) is 10.4. The van der Waals surface area contributed by atoms with E-state index in [0.29, 0.717) is 6.04 Å². The molecule has 3 heterocycles. The summed E-state index contributed by atoms with van der Waals surface area (Å²) in [6.07, 6.45) is 3.94. The maximum Gasteiger partial charge on any atom is 0.373 e. The molecule has 0 amide bonds. The minimum Gasteiger partial charge on any atom is -0.351 e. The highest BCUT2D eigenvalue weighted by Gasteiger charge is 2.27. The third kappa shape index (κ3) is 5.25. The minimum absolute atomic E-state index is 0.250. The maximum absolute atomic E-state index is 8.12. The zero-order valence-electron chi connectivity index (χ0n) is 18.7. The predicted octanol–water partition coefficient (Wildman–Crippen LogP) is 3.07. The number of nitrogens with one attached hydrogen (secondary N) is 1. The first-order valence-electron chi connectivity index (χ1n) is 10.4. The van der Waals surface area contributed by atoms with E-state index in [2.05, 4.69) is 56.1 Å². The lowest BCUT2D eigenvalue weighted by molar-refractivity contribution is -0.191. The van der Waals surface area contributed by atoms with Crippen LogP contribution in [-0.2, 0) is 9.59 Å². The van der Waals surface area contributed by atoms with Crippen molar-refractivity contribution in [3.63, 3.8) is 0 Å². The van der Waals surface area contributed by atoms with E-state index in [1.54, 1.807) is 0 Å². The lowest BCUT2D eigenvalue weighted by atomic mass is 10.1. The standard InChI is InChI=1S/C22H27N7.CO2/c1-15-12-24-20(13-23-15)29-11-10-28(14-16(29)2)22-18(4)17(3)21(26-27-22)25-19-8-6-5-7-9-19;2-1-3/h5-9,12-13,16H,10-11,14H2,1-4H3,(H,25,26);/t16-;/m1./s1. The van der Waals surface area contributed by atoms with E-state index in [1.165, 1.54) is 0 Å². The van der Waals surface area contributed by atoms with Crippen molar-refractivity contribution in [2.45, 2.75) is 33.7 Å². The fraction of sp³-hybridized carbons (Fsp3) is 0.348. The van der Waals surface area contributed by atoms with Crippen molar-refractivity contribution in [1.82, 2.24) is 20.2 Å². The molecule has 1 aliphatic heterocycles. The summed E-state index contributed by atoms with van der Waals surface area (Å²) >= 11 is 0. The zero-order chi connectivity index (χ0) is 23.1. The Morgan fingerprint density at radius 1 is 0.969 bits per heavy atom. The minimum atomic E-state index is 0.250. The highest BCUT2D eigenvalue weighted by molar-refractivity contribution is 5.64. The Hall–Kier alpha value is -3.84. The summed E-state index contributed by atoms with van der Waals surface area (Å²) in [5.41, 5.74) is 4.23. The largest absolute Gasteiger partial charge is 0.373 e. The molecule has 0 radical (unpaired) electrons. The molecule has 0 unspecified atom stereocenters. The van der Waals surface area contributed by atoms with E-state index in [0.717, 1.165) is 59.6 Å². The van der Waals surface area contributed by atoms with E-state index in [4.69, 9.17) is 9.59 Å². The molecule has 1 atom stereocenters. The Kier molecular flexibility index (Phi) is 7.46. The molecule has 32 heavy (non-hydrogen) atoms. The number of benzene rings is 1. The number of hydrogen-bond donors (Lipinski definition) is 1. The van der Waals surface area contributed by atoms with Crippen molar-refractivity contribution in [2.24, 2.45) is 0 Å². The van der Waals surface area contributed by atoms with Gasteiger partial charge in [0.05, 0.1) is 18.1 Å². The monoisotopic (exact) mass is 433 g/mol. The van der Waals surface area contributed by atoms with Crippen LogP contribution in [0.3, 0.4) is 0 Å². The summed E-state index contributed by atoms with van der Waals surface area (Å²) in [6.45, 7) is 11.0. The molecule has 1 aromatic carbocycles. The van der Waals surface area contributed by atoms with Crippen molar-refractivity contribution < 1.29 is 9.59 Å². The lowest BCUT2D eigenvalue weighted by Crippen LogP contribution is -2.53. The second kappa shape index (κ2) is 10.5. The van der Waals surface area contributed by atoms with Crippen LogP contribution >= 0.6 is 0 Å². The van der Waals surface area contributed by atoms with Crippen LogP contribution in [0.5, 0.6) is 0 Å². The molecule has 0 saturated carbocycles. The fourth-order valence-electron chi connectivity index (χ4n) is 3.69. The van der Waals surface area contributed by atoms with Crippen molar-refractivity contribution in [3.05, 3.63) is 59.5 Å². The normalized spacial score (nSPS) is 15.4. The molecule has 1 aliphatic rings. The Morgan fingerprint density at radius 3 is 2.31 bits per heavy atom. The number of hydrogen-bond acceptors (Lipinski definition) is 9. The second-order valence-corrected chi connectivity index (χ2v) is 7.70. The van der Waals surface area contributed by atoms with E-state index in [1.807, 2.05) is 49.6 Å². The highest BCUT2D eigenvalue weighted by Crippen LogP contribution is 2.28. The van der Waals surface area contributed by atoms with Crippen LogP contribution in [0.1, 0.15) is 23.7 Å². The smallest absolute Gasteiger partial charge is 0.351 e. The molecule has 0 aliphatic carbocycles. The van der Waals surface area contributed by atoms with Crippen LogP contribution in [-0.4, -0.2) is 52.0 Å². The highest BCUT2D eigenvalue weighted by atomic mass is 16.2. The van der Waals surface area contributed by atoms with Crippen molar-refractivity contribution in [3.8, 4) is 0 Å². The summed E-state index contributed by atoms with van der Waals surface area (Å²) in [5.74, 6) is 2.70.